The van der Waals surface area contributed by atoms with Gasteiger partial charge < -0.3 is 18.2 Å². The van der Waals surface area contributed by atoms with Gasteiger partial charge in [-0.15, -0.1) is 10.4 Å². The summed E-state index contributed by atoms with van der Waals surface area (Å²) in [4.78, 5) is 6.57. The molecule has 7 nitrogen and oxygen atoms in total. The van der Waals surface area contributed by atoms with Gasteiger partial charge in [0.1, 0.15) is 5.75 Å². The first-order valence-electron chi connectivity index (χ1n) is 9.27. The Kier molecular flexibility index (Phi) is 5.57. The molecule has 0 saturated carbocycles. The third-order valence-corrected chi connectivity index (χ3v) is 6.60. The number of benzene rings is 1. The molecule has 0 radical (unpaired) electrons. The molecular formula is C20H23BrN2O5. The van der Waals surface area contributed by atoms with Crippen molar-refractivity contribution in [3.8, 4) is 11.6 Å². The summed E-state index contributed by atoms with van der Waals surface area (Å²) in [5.74, 6) is 1.59. The van der Waals surface area contributed by atoms with Gasteiger partial charge in [-0.05, 0) is 55.0 Å². The summed E-state index contributed by atoms with van der Waals surface area (Å²) in [5, 5.41) is 12.0. The maximum absolute atomic E-state index is 11.3. The van der Waals surface area contributed by atoms with Crippen LogP contribution in [0.1, 0.15) is 24.5 Å². The Labute approximate surface area is 169 Å². The molecule has 3 fully saturated rings. The lowest BCUT2D eigenvalue weighted by Gasteiger charge is -2.50. The molecule has 1 aromatic carbocycles. The summed E-state index contributed by atoms with van der Waals surface area (Å²) < 4.78 is 32.3. The number of hydrogen-bond acceptors (Lipinski definition) is 7. The summed E-state index contributed by atoms with van der Waals surface area (Å²) in [6.45, 7) is 5.78. The Balaban J connectivity index is 1.74. The molecule has 1 N–H and O–H groups in total. The SMILES string of the molecule is C=C[C@H]1CN2CCC1C[C@H]2[C@H](O)c1cc(O[Br+2]([O-])[O-])nc2ccc(OC)cc12. The zero-order chi connectivity index (χ0) is 19.8. The van der Waals surface area contributed by atoms with Gasteiger partial charge >= 0.3 is 20.7 Å². The first kappa shape index (κ1) is 19.6. The van der Waals surface area contributed by atoms with Gasteiger partial charge in [0.2, 0.25) is 0 Å². The second kappa shape index (κ2) is 7.96. The van der Waals surface area contributed by atoms with Gasteiger partial charge in [-0.25, -0.2) is 4.98 Å². The van der Waals surface area contributed by atoms with Gasteiger partial charge in [-0.3, -0.25) is 4.90 Å². The van der Waals surface area contributed by atoms with Crippen molar-refractivity contribution in [2.45, 2.75) is 25.0 Å². The predicted octanol–water partition coefficient (Wildman–Crippen LogP) is 0.638. The normalized spacial score (nSPS) is 27.8. The molecule has 3 saturated heterocycles. The highest BCUT2D eigenvalue weighted by molar-refractivity contribution is 5.84. The molecule has 2 unspecified atom stereocenters. The molecule has 150 valence electrons. The molecular weight excluding hydrogens is 428 g/mol. The third kappa shape index (κ3) is 3.62. The van der Waals surface area contributed by atoms with Gasteiger partial charge in [0.15, 0.2) is 0 Å². The number of ether oxygens (including phenoxy) is 1. The fraction of sp³-hybridized carbons (Fsp3) is 0.450. The van der Waals surface area contributed by atoms with Crippen LogP contribution in [0.15, 0.2) is 36.9 Å². The molecule has 2 aromatic rings. The van der Waals surface area contributed by atoms with Crippen LogP contribution < -0.4 is 17.0 Å². The van der Waals surface area contributed by atoms with E-state index in [-0.39, 0.29) is 11.9 Å². The Bertz CT molecular complexity index is 877. The Morgan fingerprint density at radius 2 is 2.21 bits per heavy atom. The van der Waals surface area contributed by atoms with Crippen LogP contribution in [0, 0.1) is 26.6 Å². The number of piperidine rings is 3. The maximum Gasteiger partial charge on any atom is 0.503 e. The molecule has 3 aliphatic rings. The Morgan fingerprint density at radius 3 is 2.86 bits per heavy atom. The van der Waals surface area contributed by atoms with Crippen LogP contribution in [0.25, 0.3) is 10.9 Å². The van der Waals surface area contributed by atoms with E-state index in [1.54, 1.807) is 19.2 Å². The van der Waals surface area contributed by atoms with Gasteiger partial charge in [0, 0.05) is 24.0 Å². The van der Waals surface area contributed by atoms with E-state index in [1.165, 1.54) is 6.07 Å². The van der Waals surface area contributed by atoms with Crippen molar-refractivity contribution in [1.29, 1.82) is 0 Å². The van der Waals surface area contributed by atoms with Crippen LogP contribution in [-0.4, -0.2) is 41.2 Å². The van der Waals surface area contributed by atoms with Crippen LogP contribution in [0.3, 0.4) is 0 Å². The van der Waals surface area contributed by atoms with E-state index in [1.807, 2.05) is 12.1 Å². The quantitative estimate of drug-likeness (QED) is 0.644. The average molecular weight is 451 g/mol. The number of halogens is 1. The zero-order valence-corrected chi connectivity index (χ0v) is 17.2. The second-order valence-corrected chi connectivity index (χ2v) is 8.51. The van der Waals surface area contributed by atoms with E-state index in [4.69, 9.17) is 8.57 Å². The minimum Gasteiger partial charge on any atom is -0.497 e. The van der Waals surface area contributed by atoms with Crippen molar-refractivity contribution in [1.82, 2.24) is 9.88 Å². The van der Waals surface area contributed by atoms with Crippen molar-refractivity contribution in [3.05, 3.63) is 42.5 Å². The van der Waals surface area contributed by atoms with Crippen molar-refractivity contribution in [2.75, 3.05) is 20.2 Å². The van der Waals surface area contributed by atoms with Crippen LogP contribution in [0.4, 0.5) is 0 Å². The first-order chi connectivity index (χ1) is 13.5. The molecule has 0 aliphatic carbocycles. The fourth-order valence-corrected chi connectivity index (χ4v) is 5.03. The summed E-state index contributed by atoms with van der Waals surface area (Å²) >= 11 is -3.46. The monoisotopic (exact) mass is 450 g/mol. The summed E-state index contributed by atoms with van der Waals surface area (Å²) in [6, 6.07) is 6.79. The highest BCUT2D eigenvalue weighted by Crippen LogP contribution is 2.42. The minimum absolute atomic E-state index is 0.0216. The summed E-state index contributed by atoms with van der Waals surface area (Å²) in [5.41, 5.74) is 1.16. The molecule has 28 heavy (non-hydrogen) atoms. The van der Waals surface area contributed by atoms with Crippen molar-refractivity contribution >= 4 is 10.9 Å². The molecule has 0 spiro atoms. The molecule has 5 rings (SSSR count). The highest BCUT2D eigenvalue weighted by atomic mass is 80.0. The number of hydrogen-bond donors (Lipinski definition) is 1. The van der Waals surface area contributed by atoms with E-state index < -0.39 is 20.9 Å². The molecule has 4 heterocycles. The molecule has 2 bridgehead atoms. The van der Waals surface area contributed by atoms with E-state index in [0.717, 1.165) is 31.3 Å². The Hall–Kier alpha value is -1.71. The Morgan fingerprint density at radius 1 is 1.39 bits per heavy atom. The van der Waals surface area contributed by atoms with Crippen molar-refractivity contribution in [3.63, 3.8) is 0 Å². The average Bonchev–Trinajstić information content (AvgIpc) is 2.72. The lowest BCUT2D eigenvalue weighted by Crippen LogP contribution is -2.54. The van der Waals surface area contributed by atoms with E-state index >= 15 is 0 Å². The molecule has 3 aliphatic heterocycles. The van der Waals surface area contributed by atoms with Gasteiger partial charge in [-0.1, -0.05) is 6.08 Å². The zero-order valence-electron chi connectivity index (χ0n) is 15.6. The van der Waals surface area contributed by atoms with Crippen LogP contribution >= 0.6 is 0 Å². The van der Waals surface area contributed by atoms with Gasteiger partial charge in [-0.2, -0.15) is 0 Å². The van der Waals surface area contributed by atoms with Crippen molar-refractivity contribution in [2.24, 2.45) is 11.8 Å². The lowest BCUT2D eigenvalue weighted by atomic mass is 9.73. The second-order valence-electron chi connectivity index (χ2n) is 7.39. The number of fused-ring (bicyclic) bond motifs is 4. The van der Waals surface area contributed by atoms with Gasteiger partial charge in [0.25, 0.3) is 0 Å². The number of methoxy groups -OCH3 is 1. The first-order valence-corrected chi connectivity index (χ1v) is 11.2. The molecule has 1 aromatic heterocycles. The number of aliphatic hydroxyl groups is 1. The largest absolute Gasteiger partial charge is 0.503 e. The molecule has 0 amide bonds. The predicted molar refractivity (Wildman–Crippen MR) is 95.7 cm³/mol. The fourth-order valence-electron chi connectivity index (χ4n) is 4.59. The number of nitrogens with zero attached hydrogens (tertiary/aromatic N) is 2. The lowest BCUT2D eigenvalue weighted by molar-refractivity contribution is -1.62. The summed E-state index contributed by atoms with van der Waals surface area (Å²) in [7, 11) is 1.58. The van der Waals surface area contributed by atoms with E-state index in [9.17, 15) is 13.5 Å². The number of aliphatic hydroxyl groups excluding tert-OH is 1. The van der Waals surface area contributed by atoms with Crippen LogP contribution in [0.2, 0.25) is 0 Å². The van der Waals surface area contributed by atoms with E-state index in [2.05, 4.69) is 16.5 Å². The standard InChI is InChI=1S/C20H23BrN2O5/c1-3-12-11-23-7-6-13(12)8-18(23)20(24)16-10-19(28-21(25)26)22-17-5-4-14(27-2)9-15(16)17/h3-5,9-10,12-13,18,20,24H,1,6-8,11H2,2H3/t12-,13?,18-,20+/m0/s1. The summed E-state index contributed by atoms with van der Waals surface area (Å²) in [6.07, 6.45) is 3.21. The highest BCUT2D eigenvalue weighted by Gasteiger charge is 2.42. The topological polar surface area (TPSA) is 101 Å². The van der Waals surface area contributed by atoms with Gasteiger partial charge in [0.05, 0.1) is 18.7 Å². The van der Waals surface area contributed by atoms with Crippen molar-refractivity contribution < 1.29 is 36.9 Å². The molecule has 8 heteroatoms. The third-order valence-electron chi connectivity index (χ3n) is 6.00. The minimum atomic E-state index is -3.46. The number of pyridine rings is 1. The van der Waals surface area contributed by atoms with E-state index in [0.29, 0.717) is 28.7 Å². The van der Waals surface area contributed by atoms with Crippen LogP contribution in [0.5, 0.6) is 11.6 Å². The van der Waals surface area contributed by atoms with Crippen LogP contribution in [-0.2, 0) is 0 Å². The maximum atomic E-state index is 11.3. The number of aromatic nitrogens is 1. The molecule has 5 atom stereocenters. The number of rotatable bonds is 6. The smallest absolute Gasteiger partial charge is 0.497 e.